The van der Waals surface area contributed by atoms with Crippen LogP contribution in [0.15, 0.2) is 14.6 Å². The maximum absolute atomic E-state index is 13.6. The number of hydrogen-bond donors (Lipinski definition) is 2. The molecule has 2 spiro atoms. The third kappa shape index (κ3) is 4.01. The fourth-order valence-corrected chi connectivity index (χ4v) is 7.89. The monoisotopic (exact) mass is 556 g/mol. The van der Waals surface area contributed by atoms with Gasteiger partial charge in [-0.2, -0.15) is 0 Å². The zero-order valence-corrected chi connectivity index (χ0v) is 23.4. The van der Waals surface area contributed by atoms with E-state index in [9.17, 15) is 24.3 Å². The van der Waals surface area contributed by atoms with Gasteiger partial charge >= 0.3 is 11.7 Å². The molecule has 2 aliphatic heterocycles. The molecule has 1 aromatic rings. The van der Waals surface area contributed by atoms with Gasteiger partial charge in [-0.3, -0.25) is 28.6 Å². The van der Waals surface area contributed by atoms with Gasteiger partial charge in [-0.1, -0.05) is 6.42 Å². The minimum absolute atomic E-state index is 0.0897. The Bertz CT molecular complexity index is 1350. The lowest BCUT2D eigenvalue weighted by Gasteiger charge is -2.58. The summed E-state index contributed by atoms with van der Waals surface area (Å²) in [4.78, 5) is 60.5. The van der Waals surface area contributed by atoms with Crippen molar-refractivity contribution in [1.82, 2.24) is 18.9 Å². The van der Waals surface area contributed by atoms with Gasteiger partial charge in [-0.25, -0.2) is 9.59 Å². The summed E-state index contributed by atoms with van der Waals surface area (Å²) < 4.78 is 8.08. The van der Waals surface area contributed by atoms with Crippen LogP contribution < -0.4 is 17.0 Å². The first-order chi connectivity index (χ1) is 19.1. The Morgan fingerprint density at radius 2 is 1.75 bits per heavy atom. The second-order valence-electron chi connectivity index (χ2n) is 12.8. The summed E-state index contributed by atoms with van der Waals surface area (Å²) >= 11 is 0. The molecular formula is C28H40N6O6. The Hall–Kier alpha value is -3.15. The van der Waals surface area contributed by atoms with Crippen molar-refractivity contribution in [2.45, 2.75) is 82.3 Å². The number of aromatic nitrogens is 2. The van der Waals surface area contributed by atoms with E-state index in [0.717, 1.165) is 38.5 Å². The van der Waals surface area contributed by atoms with E-state index in [4.69, 9.17) is 10.5 Å². The molecule has 0 unspecified atom stereocenters. The van der Waals surface area contributed by atoms with Gasteiger partial charge in [0, 0.05) is 45.8 Å². The number of ether oxygens (including phenoxy) is 1. The fraction of sp³-hybridized carbons (Fsp3) is 0.750. The number of urea groups is 1. The molecule has 12 heteroatoms. The molecule has 2 saturated heterocycles. The zero-order chi connectivity index (χ0) is 28.4. The normalized spacial score (nSPS) is 32.8. The van der Waals surface area contributed by atoms with Crippen molar-refractivity contribution in [3.63, 3.8) is 0 Å². The SMILES string of the molecule is CN=C(N)c1c(O)n(CC2CCC2)c(=O)n(C2CCC3(CC2)CC2(C3)C(=O)N(C)C(=O)N2C[C@@H]2CCOC2)c1=O. The van der Waals surface area contributed by atoms with Crippen LogP contribution in [-0.4, -0.2) is 81.2 Å². The first-order valence-corrected chi connectivity index (χ1v) is 14.6. The number of aliphatic imine (C=N–C) groups is 1. The molecule has 1 atom stereocenters. The van der Waals surface area contributed by atoms with Crippen LogP contribution in [0.25, 0.3) is 0 Å². The molecule has 12 nitrogen and oxygen atoms in total. The van der Waals surface area contributed by atoms with Gasteiger partial charge in [0.1, 0.15) is 16.9 Å². The van der Waals surface area contributed by atoms with Crippen molar-refractivity contribution in [3.05, 3.63) is 26.4 Å². The van der Waals surface area contributed by atoms with Crippen LogP contribution in [0.4, 0.5) is 4.79 Å². The number of nitrogens with two attached hydrogens (primary N) is 1. The molecule has 3 aliphatic carbocycles. The van der Waals surface area contributed by atoms with E-state index in [0.29, 0.717) is 52.0 Å². The number of aromatic hydroxyl groups is 1. The van der Waals surface area contributed by atoms with E-state index in [-0.39, 0.29) is 46.6 Å². The van der Waals surface area contributed by atoms with Gasteiger partial charge in [0.2, 0.25) is 5.88 Å². The number of imide groups is 1. The number of nitrogens with zero attached hydrogens (tertiary/aromatic N) is 5. The van der Waals surface area contributed by atoms with Crippen molar-refractivity contribution in [2.75, 3.05) is 33.9 Å². The second-order valence-corrected chi connectivity index (χ2v) is 12.8. The van der Waals surface area contributed by atoms with Crippen molar-refractivity contribution in [2.24, 2.45) is 28.0 Å². The summed E-state index contributed by atoms with van der Waals surface area (Å²) in [5, 5.41) is 10.9. The summed E-state index contributed by atoms with van der Waals surface area (Å²) in [5.41, 5.74) is 3.88. The topological polar surface area (TPSA) is 152 Å². The number of rotatable bonds is 6. The molecular weight excluding hydrogens is 516 g/mol. The second kappa shape index (κ2) is 9.74. The van der Waals surface area contributed by atoms with E-state index in [1.165, 1.54) is 21.1 Å². The Kier molecular flexibility index (Phi) is 6.59. The third-order valence-corrected chi connectivity index (χ3v) is 10.4. The summed E-state index contributed by atoms with van der Waals surface area (Å²) in [5.74, 6) is -0.101. The average molecular weight is 557 g/mol. The van der Waals surface area contributed by atoms with E-state index in [1.807, 2.05) is 0 Å². The largest absolute Gasteiger partial charge is 0.494 e. The number of carbonyl (C=O) groups is 2. The molecule has 5 aliphatic rings. The predicted octanol–water partition coefficient (Wildman–Crippen LogP) is 1.42. The minimum atomic E-state index is -0.800. The van der Waals surface area contributed by atoms with Crippen LogP contribution >= 0.6 is 0 Å². The van der Waals surface area contributed by atoms with E-state index < -0.39 is 22.7 Å². The Labute approximate surface area is 232 Å². The van der Waals surface area contributed by atoms with Crippen molar-refractivity contribution >= 4 is 17.8 Å². The van der Waals surface area contributed by atoms with E-state index in [2.05, 4.69) is 4.99 Å². The maximum Gasteiger partial charge on any atom is 0.334 e. The molecule has 0 radical (unpaired) electrons. The molecule has 3 heterocycles. The Balaban J connectivity index is 1.23. The maximum atomic E-state index is 13.6. The molecule has 218 valence electrons. The number of amides is 3. The van der Waals surface area contributed by atoms with Crippen molar-refractivity contribution in [3.8, 4) is 5.88 Å². The van der Waals surface area contributed by atoms with Gasteiger partial charge in [0.15, 0.2) is 0 Å². The Morgan fingerprint density at radius 1 is 1.05 bits per heavy atom. The highest BCUT2D eigenvalue weighted by molar-refractivity contribution is 6.07. The molecule has 5 fully saturated rings. The highest BCUT2D eigenvalue weighted by Crippen LogP contribution is 2.62. The van der Waals surface area contributed by atoms with Crippen LogP contribution in [-0.2, 0) is 16.1 Å². The predicted molar refractivity (Wildman–Crippen MR) is 146 cm³/mol. The van der Waals surface area contributed by atoms with Crippen molar-refractivity contribution in [1.29, 1.82) is 0 Å². The molecule has 0 bridgehead atoms. The van der Waals surface area contributed by atoms with Gasteiger partial charge in [0.05, 0.1) is 6.61 Å². The smallest absolute Gasteiger partial charge is 0.334 e. The highest BCUT2D eigenvalue weighted by atomic mass is 16.5. The first kappa shape index (κ1) is 27.0. The van der Waals surface area contributed by atoms with E-state index >= 15 is 0 Å². The summed E-state index contributed by atoms with van der Waals surface area (Å²) in [6.07, 6.45) is 7.82. The van der Waals surface area contributed by atoms with Crippen LogP contribution in [0, 0.1) is 17.3 Å². The Morgan fingerprint density at radius 3 is 2.33 bits per heavy atom. The summed E-state index contributed by atoms with van der Waals surface area (Å²) in [6.45, 7) is 2.17. The first-order valence-electron chi connectivity index (χ1n) is 14.6. The summed E-state index contributed by atoms with van der Waals surface area (Å²) in [6, 6.07) is -0.569. The van der Waals surface area contributed by atoms with Gasteiger partial charge in [-0.15, -0.1) is 0 Å². The zero-order valence-electron chi connectivity index (χ0n) is 23.4. The molecule has 3 N–H and O–H groups in total. The van der Waals surface area contributed by atoms with Crippen molar-refractivity contribution < 1.29 is 19.4 Å². The van der Waals surface area contributed by atoms with E-state index in [1.54, 1.807) is 11.9 Å². The lowest BCUT2D eigenvalue weighted by molar-refractivity contribution is -0.150. The highest BCUT2D eigenvalue weighted by Gasteiger charge is 2.68. The lowest BCUT2D eigenvalue weighted by Crippen LogP contribution is -2.64. The molecule has 1 aromatic heterocycles. The van der Waals surface area contributed by atoms with Crippen LogP contribution in [0.5, 0.6) is 5.88 Å². The van der Waals surface area contributed by atoms with Crippen LogP contribution in [0.1, 0.15) is 75.8 Å². The third-order valence-electron chi connectivity index (χ3n) is 10.4. The molecule has 40 heavy (non-hydrogen) atoms. The van der Waals surface area contributed by atoms with Gasteiger partial charge < -0.3 is 20.5 Å². The molecule has 6 rings (SSSR count). The minimum Gasteiger partial charge on any atom is -0.494 e. The number of amidine groups is 1. The molecule has 3 amide bonds. The number of carbonyl (C=O) groups excluding carboxylic acids is 2. The standard InChI is InChI=1S/C28H40N6O6/c1-30-21(29)20-22(35)32(12-17-4-3-5-17)26(39)34(23(20)36)19-6-9-27(10-7-19)15-28(16-27)24(37)31(2)25(38)33(28)13-18-8-11-40-14-18/h17-19,35H,3-16H2,1-2H3,(H2,29,30)/t18-,19?,27?,28?/m0/s1. The van der Waals surface area contributed by atoms with Crippen LogP contribution in [0.3, 0.4) is 0 Å². The van der Waals surface area contributed by atoms with Crippen LogP contribution in [0.2, 0.25) is 0 Å². The van der Waals surface area contributed by atoms with Gasteiger partial charge in [-0.05, 0) is 69.1 Å². The molecule has 0 aromatic carbocycles. The molecule has 3 saturated carbocycles. The quantitative estimate of drug-likeness (QED) is 0.305. The van der Waals surface area contributed by atoms with Gasteiger partial charge in [0.25, 0.3) is 11.5 Å². The number of hydrogen-bond acceptors (Lipinski definition) is 7. The number of likely N-dealkylation sites (N-methyl/N-ethyl adjacent to an activating group) is 1. The fourth-order valence-electron chi connectivity index (χ4n) is 7.89. The summed E-state index contributed by atoms with van der Waals surface area (Å²) in [7, 11) is 3.01. The lowest BCUT2D eigenvalue weighted by atomic mass is 9.51. The average Bonchev–Trinajstić information content (AvgIpc) is 3.47.